The van der Waals surface area contributed by atoms with Crippen molar-refractivity contribution in [3.05, 3.63) is 64.4 Å². The maximum Gasteiger partial charge on any atom is 0.246 e. The van der Waals surface area contributed by atoms with Crippen LogP contribution in [-0.2, 0) is 9.53 Å². The van der Waals surface area contributed by atoms with E-state index in [2.05, 4.69) is 15.9 Å². The summed E-state index contributed by atoms with van der Waals surface area (Å²) in [5, 5.41) is 9.10. The van der Waals surface area contributed by atoms with Crippen molar-refractivity contribution in [3.8, 4) is 0 Å². The zero-order valence-corrected chi connectivity index (χ0v) is 16.9. The van der Waals surface area contributed by atoms with E-state index in [0.29, 0.717) is 19.4 Å². The van der Waals surface area contributed by atoms with Gasteiger partial charge < -0.3 is 9.64 Å². The van der Waals surface area contributed by atoms with Crippen molar-refractivity contribution in [2.75, 3.05) is 25.6 Å². The molecule has 2 N–H and O–H groups in total. The summed E-state index contributed by atoms with van der Waals surface area (Å²) in [5.74, 6) is -1.24. The van der Waals surface area contributed by atoms with Gasteiger partial charge >= 0.3 is 0 Å². The molecule has 2 atom stereocenters. The lowest BCUT2D eigenvalue weighted by Gasteiger charge is -2.25. The van der Waals surface area contributed by atoms with Crippen LogP contribution in [-0.4, -0.2) is 31.8 Å². The largest absolute Gasteiger partial charge is 0.377 e. The van der Waals surface area contributed by atoms with Crippen molar-refractivity contribution in [1.29, 1.82) is 0 Å². The average Bonchev–Trinajstić information content (AvgIpc) is 2.69. The Balaban J connectivity index is 2.04. The molecule has 0 aliphatic heterocycles. The van der Waals surface area contributed by atoms with E-state index in [1.165, 1.54) is 12.1 Å². The van der Waals surface area contributed by atoms with Crippen LogP contribution in [0.1, 0.15) is 24.5 Å². The van der Waals surface area contributed by atoms with Gasteiger partial charge in [0.15, 0.2) is 0 Å². The van der Waals surface area contributed by atoms with E-state index in [9.17, 15) is 9.18 Å². The SMILES string of the molecule is CO[C@H](C[C@H](CCN(C)c1ccc(Br)cc1)C(=O)NO)c1ccc(F)cc1. The summed E-state index contributed by atoms with van der Waals surface area (Å²) in [4.78, 5) is 14.2. The molecule has 0 aromatic heterocycles. The van der Waals surface area contributed by atoms with Gasteiger partial charge in [0.25, 0.3) is 0 Å². The normalized spacial score (nSPS) is 13.1. The number of hydrogen-bond donors (Lipinski definition) is 2. The number of benzene rings is 2. The summed E-state index contributed by atoms with van der Waals surface area (Å²) >= 11 is 3.41. The molecule has 2 rings (SSSR count). The fraction of sp³-hybridized carbons (Fsp3) is 0.350. The minimum absolute atomic E-state index is 0.325. The second kappa shape index (κ2) is 10.4. The topological polar surface area (TPSA) is 61.8 Å². The number of nitrogens with zero attached hydrogens (tertiary/aromatic N) is 1. The highest BCUT2D eigenvalue weighted by molar-refractivity contribution is 9.10. The molecule has 0 heterocycles. The lowest BCUT2D eigenvalue weighted by atomic mass is 9.93. The molecule has 0 aliphatic carbocycles. The van der Waals surface area contributed by atoms with Gasteiger partial charge in [0.05, 0.1) is 6.10 Å². The van der Waals surface area contributed by atoms with Crippen molar-refractivity contribution >= 4 is 27.5 Å². The number of carbonyl (C=O) groups is 1. The highest BCUT2D eigenvalue weighted by atomic mass is 79.9. The molecule has 0 bridgehead atoms. The molecule has 5 nitrogen and oxygen atoms in total. The van der Waals surface area contributed by atoms with Crippen LogP contribution >= 0.6 is 15.9 Å². The molecule has 0 unspecified atom stereocenters. The third-order valence-electron chi connectivity index (χ3n) is 4.59. The maximum absolute atomic E-state index is 13.1. The number of anilines is 1. The third kappa shape index (κ3) is 6.30. The number of hydroxylamine groups is 1. The summed E-state index contributed by atoms with van der Waals surface area (Å²) in [6, 6.07) is 13.9. The second-order valence-corrected chi connectivity index (χ2v) is 7.29. The number of methoxy groups -OCH3 is 1. The first-order chi connectivity index (χ1) is 12.9. The van der Waals surface area contributed by atoms with Crippen molar-refractivity contribution in [1.82, 2.24) is 5.48 Å². The number of halogens is 2. The standard InChI is InChI=1S/C20H24BrFN2O3/c1-24(18-9-5-16(21)6-10-18)12-11-15(20(25)23-26)13-19(27-2)14-3-7-17(22)8-4-14/h3-10,15,19,26H,11-13H2,1-2H3,(H,23,25)/t15-,19+/m0/s1. The summed E-state index contributed by atoms with van der Waals surface area (Å²) in [7, 11) is 3.50. The Morgan fingerprint density at radius 2 is 1.85 bits per heavy atom. The smallest absolute Gasteiger partial charge is 0.246 e. The van der Waals surface area contributed by atoms with Crippen LogP contribution in [0.3, 0.4) is 0 Å². The fourth-order valence-corrected chi connectivity index (χ4v) is 3.19. The minimum Gasteiger partial charge on any atom is -0.377 e. The maximum atomic E-state index is 13.1. The molecule has 27 heavy (non-hydrogen) atoms. The number of nitrogens with one attached hydrogen (secondary N) is 1. The van der Waals surface area contributed by atoms with E-state index < -0.39 is 11.8 Å². The lowest BCUT2D eigenvalue weighted by molar-refractivity contribution is -0.134. The third-order valence-corrected chi connectivity index (χ3v) is 5.11. The molecule has 0 saturated heterocycles. The van der Waals surface area contributed by atoms with Crippen molar-refractivity contribution in [2.45, 2.75) is 18.9 Å². The van der Waals surface area contributed by atoms with Crippen molar-refractivity contribution < 1.29 is 19.1 Å². The highest BCUT2D eigenvalue weighted by Crippen LogP contribution is 2.27. The molecule has 1 amide bonds. The van der Waals surface area contributed by atoms with Gasteiger partial charge in [0, 0.05) is 36.8 Å². The number of ether oxygens (including phenoxy) is 1. The molecular weight excluding hydrogens is 415 g/mol. The molecule has 146 valence electrons. The van der Waals surface area contributed by atoms with Crippen LogP contribution in [0.5, 0.6) is 0 Å². The van der Waals surface area contributed by atoms with Crippen LogP contribution in [0.4, 0.5) is 10.1 Å². The van der Waals surface area contributed by atoms with Gasteiger partial charge in [0.1, 0.15) is 5.82 Å². The zero-order valence-electron chi connectivity index (χ0n) is 15.4. The quantitative estimate of drug-likeness (QED) is 0.452. The van der Waals surface area contributed by atoms with E-state index in [4.69, 9.17) is 9.94 Å². The molecule has 0 spiro atoms. The Hall–Kier alpha value is -1.96. The second-order valence-electron chi connectivity index (χ2n) is 6.37. The number of carbonyl (C=O) groups excluding carboxylic acids is 1. The minimum atomic E-state index is -0.456. The highest BCUT2D eigenvalue weighted by Gasteiger charge is 2.24. The van der Waals surface area contributed by atoms with Gasteiger partial charge in [-0.25, -0.2) is 9.87 Å². The summed E-state index contributed by atoms with van der Waals surface area (Å²) in [6.45, 7) is 0.625. The van der Waals surface area contributed by atoms with E-state index in [-0.39, 0.29) is 11.9 Å². The number of amides is 1. The molecular formula is C20H24BrFN2O3. The fourth-order valence-electron chi connectivity index (χ4n) is 2.93. The average molecular weight is 439 g/mol. The Morgan fingerprint density at radius 3 is 2.41 bits per heavy atom. The zero-order chi connectivity index (χ0) is 19.8. The molecule has 0 aliphatic rings. The summed E-state index contributed by atoms with van der Waals surface area (Å²) < 4.78 is 19.7. The molecule has 2 aromatic carbocycles. The predicted molar refractivity (Wildman–Crippen MR) is 106 cm³/mol. The number of rotatable bonds is 9. The lowest BCUT2D eigenvalue weighted by Crippen LogP contribution is -2.32. The molecule has 0 saturated carbocycles. The van der Waals surface area contributed by atoms with E-state index in [0.717, 1.165) is 15.7 Å². The summed E-state index contributed by atoms with van der Waals surface area (Å²) in [6.07, 6.45) is 0.536. The first kappa shape index (κ1) is 21.3. The Bertz CT molecular complexity index is 725. The van der Waals surface area contributed by atoms with Crippen LogP contribution in [0.2, 0.25) is 0 Å². The first-order valence-electron chi connectivity index (χ1n) is 8.63. The van der Waals surface area contributed by atoms with Crippen LogP contribution in [0.15, 0.2) is 53.0 Å². The monoisotopic (exact) mass is 438 g/mol. The van der Waals surface area contributed by atoms with E-state index in [1.807, 2.05) is 36.2 Å². The predicted octanol–water partition coefficient (Wildman–Crippen LogP) is 4.31. The van der Waals surface area contributed by atoms with Gasteiger partial charge in [0.2, 0.25) is 5.91 Å². The van der Waals surface area contributed by atoms with Crippen molar-refractivity contribution in [2.24, 2.45) is 5.92 Å². The van der Waals surface area contributed by atoms with Gasteiger partial charge in [-0.1, -0.05) is 28.1 Å². The van der Waals surface area contributed by atoms with E-state index >= 15 is 0 Å². The Morgan fingerprint density at radius 1 is 1.22 bits per heavy atom. The molecule has 2 aromatic rings. The molecule has 0 fully saturated rings. The Labute approximate surface area is 167 Å². The Kier molecular flexibility index (Phi) is 8.22. The van der Waals surface area contributed by atoms with Gasteiger partial charge in [-0.05, 0) is 54.8 Å². The van der Waals surface area contributed by atoms with Crippen LogP contribution in [0.25, 0.3) is 0 Å². The summed E-state index contributed by atoms with van der Waals surface area (Å²) in [5.41, 5.74) is 3.57. The van der Waals surface area contributed by atoms with Crippen LogP contribution < -0.4 is 10.4 Å². The number of hydrogen-bond acceptors (Lipinski definition) is 4. The van der Waals surface area contributed by atoms with Gasteiger partial charge in [-0.3, -0.25) is 10.0 Å². The first-order valence-corrected chi connectivity index (χ1v) is 9.42. The van der Waals surface area contributed by atoms with Gasteiger partial charge in [-0.2, -0.15) is 0 Å². The molecule has 7 heteroatoms. The van der Waals surface area contributed by atoms with Crippen LogP contribution in [0, 0.1) is 11.7 Å². The van der Waals surface area contributed by atoms with Crippen molar-refractivity contribution in [3.63, 3.8) is 0 Å². The van der Waals surface area contributed by atoms with E-state index in [1.54, 1.807) is 24.7 Å². The van der Waals surface area contributed by atoms with Gasteiger partial charge in [-0.15, -0.1) is 0 Å². The molecule has 0 radical (unpaired) electrons.